The van der Waals surface area contributed by atoms with E-state index >= 15 is 0 Å². The first-order valence-electron chi connectivity index (χ1n) is 6.19. The number of piperidine rings is 1. The first kappa shape index (κ1) is 18.1. The summed E-state index contributed by atoms with van der Waals surface area (Å²) in [7, 11) is 2.94. The number of amides is 1. The van der Waals surface area contributed by atoms with Crippen molar-refractivity contribution in [2.24, 2.45) is 5.41 Å². The number of carbonyl (C=O) groups excluding carboxylic acids is 2. The minimum absolute atomic E-state index is 0. The maximum atomic E-state index is 12.2. The summed E-state index contributed by atoms with van der Waals surface area (Å²) in [5, 5.41) is 6.02. The van der Waals surface area contributed by atoms with E-state index in [0.29, 0.717) is 13.2 Å². The lowest BCUT2D eigenvalue weighted by Gasteiger charge is -2.35. The maximum Gasteiger partial charge on any atom is 0.307 e. The third kappa shape index (κ3) is 5.34. The van der Waals surface area contributed by atoms with Crippen LogP contribution < -0.4 is 10.6 Å². The standard InChI is InChI=1S/C12H22N2O4.ClH/c1-17-9-12(4-7-13-8-5-12)11(16)14-6-3-10(15)18-2;/h13H,3-9H2,1-2H3,(H,14,16);1H. The molecule has 0 aliphatic carbocycles. The predicted molar refractivity (Wildman–Crippen MR) is 73.3 cm³/mol. The SMILES string of the molecule is COCC1(C(=O)NCCC(=O)OC)CCNCC1.Cl. The lowest BCUT2D eigenvalue weighted by molar-refractivity contribution is -0.141. The van der Waals surface area contributed by atoms with E-state index in [4.69, 9.17) is 4.74 Å². The van der Waals surface area contributed by atoms with Crippen molar-refractivity contribution in [1.29, 1.82) is 0 Å². The molecule has 1 fully saturated rings. The van der Waals surface area contributed by atoms with Crippen LogP contribution >= 0.6 is 12.4 Å². The number of hydrogen-bond acceptors (Lipinski definition) is 5. The van der Waals surface area contributed by atoms with Gasteiger partial charge >= 0.3 is 5.97 Å². The fourth-order valence-corrected chi connectivity index (χ4v) is 2.19. The van der Waals surface area contributed by atoms with Crippen molar-refractivity contribution in [1.82, 2.24) is 10.6 Å². The molecule has 0 bridgehead atoms. The number of methoxy groups -OCH3 is 2. The molecule has 0 radical (unpaired) electrons. The molecular formula is C12H23ClN2O4. The third-order valence-corrected chi connectivity index (χ3v) is 3.31. The summed E-state index contributed by atoms with van der Waals surface area (Å²) in [6.45, 7) is 2.35. The van der Waals surface area contributed by atoms with Gasteiger partial charge in [0.25, 0.3) is 0 Å². The van der Waals surface area contributed by atoms with Crippen molar-refractivity contribution in [3.8, 4) is 0 Å². The van der Waals surface area contributed by atoms with Crippen LogP contribution in [-0.4, -0.2) is 52.3 Å². The molecule has 1 saturated heterocycles. The van der Waals surface area contributed by atoms with Crippen LogP contribution in [0.3, 0.4) is 0 Å². The van der Waals surface area contributed by atoms with Gasteiger partial charge in [0.15, 0.2) is 0 Å². The second-order valence-corrected chi connectivity index (χ2v) is 4.55. The third-order valence-electron chi connectivity index (χ3n) is 3.31. The van der Waals surface area contributed by atoms with Gasteiger partial charge in [0.2, 0.25) is 5.91 Å². The summed E-state index contributed by atoms with van der Waals surface area (Å²) in [5.74, 6) is -0.351. The Labute approximate surface area is 120 Å². The van der Waals surface area contributed by atoms with Crippen molar-refractivity contribution >= 4 is 24.3 Å². The molecule has 0 atom stereocenters. The molecule has 112 valence electrons. The Morgan fingerprint density at radius 1 is 1.26 bits per heavy atom. The number of esters is 1. The van der Waals surface area contributed by atoms with Crippen LogP contribution in [0.15, 0.2) is 0 Å². The van der Waals surface area contributed by atoms with Crippen molar-refractivity contribution in [3.63, 3.8) is 0 Å². The lowest BCUT2D eigenvalue weighted by Crippen LogP contribution is -2.50. The second-order valence-electron chi connectivity index (χ2n) is 4.55. The number of nitrogens with one attached hydrogen (secondary N) is 2. The Kier molecular flexibility index (Phi) is 8.71. The van der Waals surface area contributed by atoms with Gasteiger partial charge in [0.05, 0.1) is 25.6 Å². The van der Waals surface area contributed by atoms with Gasteiger partial charge in [-0.25, -0.2) is 0 Å². The zero-order valence-electron chi connectivity index (χ0n) is 11.5. The lowest BCUT2D eigenvalue weighted by atomic mass is 9.78. The van der Waals surface area contributed by atoms with Gasteiger partial charge in [-0.05, 0) is 25.9 Å². The summed E-state index contributed by atoms with van der Waals surface area (Å²) in [5.41, 5.74) is -0.462. The Hall–Kier alpha value is -0.850. The molecule has 7 heteroatoms. The molecule has 0 unspecified atom stereocenters. The van der Waals surface area contributed by atoms with Gasteiger partial charge in [0.1, 0.15) is 0 Å². The highest BCUT2D eigenvalue weighted by Gasteiger charge is 2.39. The molecule has 1 heterocycles. The van der Waals surface area contributed by atoms with Gasteiger partial charge in [-0.15, -0.1) is 12.4 Å². The molecule has 1 amide bonds. The first-order chi connectivity index (χ1) is 8.64. The molecule has 0 saturated carbocycles. The Morgan fingerprint density at radius 2 is 1.89 bits per heavy atom. The van der Waals surface area contributed by atoms with Gasteiger partial charge in [-0.1, -0.05) is 0 Å². The average Bonchev–Trinajstić information content (AvgIpc) is 2.39. The quantitative estimate of drug-likeness (QED) is 0.680. The largest absolute Gasteiger partial charge is 0.469 e. The zero-order chi connectivity index (χ0) is 13.4. The summed E-state index contributed by atoms with van der Waals surface area (Å²) >= 11 is 0. The maximum absolute atomic E-state index is 12.2. The summed E-state index contributed by atoms with van der Waals surface area (Å²) in [6.07, 6.45) is 1.71. The molecule has 6 nitrogen and oxygen atoms in total. The Bertz CT molecular complexity index is 288. The van der Waals surface area contributed by atoms with E-state index in [9.17, 15) is 9.59 Å². The Morgan fingerprint density at radius 3 is 2.42 bits per heavy atom. The van der Waals surface area contributed by atoms with E-state index in [0.717, 1.165) is 25.9 Å². The normalized spacial score (nSPS) is 17.2. The monoisotopic (exact) mass is 294 g/mol. The van der Waals surface area contributed by atoms with Crippen molar-refractivity contribution in [3.05, 3.63) is 0 Å². The minimum atomic E-state index is -0.462. The van der Waals surface area contributed by atoms with Crippen LogP contribution in [0.1, 0.15) is 19.3 Å². The Balaban J connectivity index is 0.00000324. The van der Waals surface area contributed by atoms with Crippen LogP contribution in [0.5, 0.6) is 0 Å². The van der Waals surface area contributed by atoms with E-state index in [1.54, 1.807) is 7.11 Å². The highest BCUT2D eigenvalue weighted by molar-refractivity contribution is 5.85. The van der Waals surface area contributed by atoms with Crippen LogP contribution in [-0.2, 0) is 19.1 Å². The van der Waals surface area contributed by atoms with Crippen LogP contribution in [0.25, 0.3) is 0 Å². The van der Waals surface area contributed by atoms with Gasteiger partial charge in [0, 0.05) is 13.7 Å². The van der Waals surface area contributed by atoms with Crippen molar-refractivity contribution in [2.75, 3.05) is 40.5 Å². The smallest absolute Gasteiger partial charge is 0.307 e. The van der Waals surface area contributed by atoms with Crippen LogP contribution in [0.2, 0.25) is 0 Å². The molecule has 0 aromatic heterocycles. The van der Waals surface area contributed by atoms with E-state index in [-0.39, 0.29) is 30.7 Å². The van der Waals surface area contributed by atoms with Gasteiger partial charge in [-0.2, -0.15) is 0 Å². The highest BCUT2D eigenvalue weighted by atomic mass is 35.5. The highest BCUT2D eigenvalue weighted by Crippen LogP contribution is 2.29. The van der Waals surface area contributed by atoms with Gasteiger partial charge in [-0.3, -0.25) is 9.59 Å². The van der Waals surface area contributed by atoms with Crippen LogP contribution in [0, 0.1) is 5.41 Å². The number of rotatable bonds is 6. The fourth-order valence-electron chi connectivity index (χ4n) is 2.19. The van der Waals surface area contributed by atoms with E-state index < -0.39 is 5.41 Å². The molecule has 19 heavy (non-hydrogen) atoms. The molecule has 1 aliphatic rings. The fraction of sp³-hybridized carbons (Fsp3) is 0.833. The molecule has 0 aromatic rings. The summed E-state index contributed by atoms with van der Waals surface area (Å²) < 4.78 is 9.70. The number of carbonyl (C=O) groups is 2. The molecule has 1 rings (SSSR count). The van der Waals surface area contributed by atoms with E-state index in [1.807, 2.05) is 0 Å². The van der Waals surface area contributed by atoms with E-state index in [2.05, 4.69) is 15.4 Å². The van der Waals surface area contributed by atoms with Crippen molar-refractivity contribution < 1.29 is 19.1 Å². The average molecular weight is 295 g/mol. The summed E-state index contributed by atoms with van der Waals surface area (Å²) in [4.78, 5) is 23.2. The van der Waals surface area contributed by atoms with Crippen molar-refractivity contribution in [2.45, 2.75) is 19.3 Å². The number of hydrogen-bond donors (Lipinski definition) is 2. The van der Waals surface area contributed by atoms with E-state index in [1.165, 1.54) is 7.11 Å². The first-order valence-corrected chi connectivity index (χ1v) is 6.19. The number of ether oxygens (including phenoxy) is 2. The minimum Gasteiger partial charge on any atom is -0.469 e. The molecule has 0 spiro atoms. The summed E-state index contributed by atoms with van der Waals surface area (Å²) in [6, 6.07) is 0. The predicted octanol–water partition coefficient (Wildman–Crippen LogP) is 0.104. The zero-order valence-corrected chi connectivity index (χ0v) is 12.3. The topological polar surface area (TPSA) is 76.7 Å². The second kappa shape index (κ2) is 9.12. The molecule has 2 N–H and O–H groups in total. The number of halogens is 1. The molecule has 1 aliphatic heterocycles. The van der Waals surface area contributed by atoms with Crippen LogP contribution in [0.4, 0.5) is 0 Å². The van der Waals surface area contributed by atoms with Gasteiger partial charge < -0.3 is 20.1 Å². The molecular weight excluding hydrogens is 272 g/mol. The molecule has 0 aromatic carbocycles.